The van der Waals surface area contributed by atoms with Gasteiger partial charge in [0.05, 0.1) is 29.9 Å². The topological polar surface area (TPSA) is 127 Å². The van der Waals surface area contributed by atoms with Crippen molar-refractivity contribution in [3.8, 4) is 23.1 Å². The summed E-state index contributed by atoms with van der Waals surface area (Å²) in [5, 5.41) is 11.5. The molecule has 6 heterocycles. The van der Waals surface area contributed by atoms with Crippen LogP contribution >= 0.6 is 11.6 Å². The first kappa shape index (κ1) is 32.1. The van der Waals surface area contributed by atoms with E-state index in [0.717, 1.165) is 37.9 Å². The zero-order valence-corrected chi connectivity index (χ0v) is 26.6. The second-order valence-corrected chi connectivity index (χ2v) is 11.7. The van der Waals surface area contributed by atoms with Crippen LogP contribution in [-0.4, -0.2) is 81.2 Å². The molecule has 3 aliphatic rings. The normalized spacial score (nSPS) is 21.6. The number of hydrogen-bond acceptors (Lipinski definition) is 9. The Balaban J connectivity index is 0.000000294. The molecule has 3 aromatic heterocycles. The van der Waals surface area contributed by atoms with Crippen molar-refractivity contribution in [2.45, 2.75) is 84.2 Å². The molecule has 0 bridgehead atoms. The number of H-pyrrole nitrogens is 1. The molecular formula is C31H41ClF2N8O2. The van der Waals surface area contributed by atoms with Gasteiger partial charge in [0.25, 0.3) is 0 Å². The Morgan fingerprint density at radius 3 is 2.68 bits per heavy atom. The Bertz CT molecular complexity index is 1600. The van der Waals surface area contributed by atoms with Gasteiger partial charge in [0.1, 0.15) is 28.6 Å². The van der Waals surface area contributed by atoms with Gasteiger partial charge >= 0.3 is 6.01 Å². The first-order chi connectivity index (χ1) is 21.2. The first-order valence-corrected chi connectivity index (χ1v) is 15.7. The van der Waals surface area contributed by atoms with Gasteiger partial charge in [-0.2, -0.15) is 15.1 Å². The van der Waals surface area contributed by atoms with Crippen molar-refractivity contribution in [3.63, 3.8) is 0 Å². The van der Waals surface area contributed by atoms with Gasteiger partial charge < -0.3 is 20.5 Å². The number of halogens is 3. The highest BCUT2D eigenvalue weighted by atomic mass is 35.5. The van der Waals surface area contributed by atoms with E-state index < -0.39 is 12.0 Å². The maximum Gasteiger partial charge on any atom is 0.318 e. The van der Waals surface area contributed by atoms with Crippen LogP contribution in [0.25, 0.3) is 33.1 Å². The molecule has 13 heteroatoms. The monoisotopic (exact) mass is 630 g/mol. The SMILES string of the molecule is CC.COc1nc(N)c2c(OC(C)CC3CCN3)nc(-c3c(Cl)c(C)cc4[nH]ncc34)c(F)c2n1.FC1CC2CCCN2C1. The zero-order valence-electron chi connectivity index (χ0n) is 25.9. The maximum atomic E-state index is 16.0. The van der Waals surface area contributed by atoms with Crippen molar-refractivity contribution in [2.24, 2.45) is 0 Å². The number of nitrogens with zero attached hydrogens (tertiary/aromatic N) is 5. The molecule has 0 spiro atoms. The molecule has 238 valence electrons. The maximum absolute atomic E-state index is 16.0. The number of aromatic amines is 1. The van der Waals surface area contributed by atoms with Gasteiger partial charge in [-0.3, -0.25) is 10.00 Å². The van der Waals surface area contributed by atoms with Crippen molar-refractivity contribution in [1.29, 1.82) is 0 Å². The van der Waals surface area contributed by atoms with Gasteiger partial charge in [0.2, 0.25) is 5.88 Å². The summed E-state index contributed by atoms with van der Waals surface area (Å²) in [6, 6.07) is 2.77. The third-order valence-corrected chi connectivity index (χ3v) is 8.85. The van der Waals surface area contributed by atoms with Crippen molar-refractivity contribution >= 4 is 39.2 Å². The van der Waals surface area contributed by atoms with Gasteiger partial charge in [0, 0.05) is 29.6 Å². The van der Waals surface area contributed by atoms with Crippen LogP contribution in [0.15, 0.2) is 12.3 Å². The summed E-state index contributed by atoms with van der Waals surface area (Å²) >= 11 is 6.65. The van der Waals surface area contributed by atoms with Gasteiger partial charge in [-0.1, -0.05) is 25.4 Å². The second kappa shape index (κ2) is 13.7. The lowest BCUT2D eigenvalue weighted by Crippen LogP contribution is -2.45. The van der Waals surface area contributed by atoms with Crippen LogP contribution in [-0.2, 0) is 0 Å². The average molecular weight is 631 g/mol. The lowest BCUT2D eigenvalue weighted by molar-refractivity contribution is 0.170. The molecule has 3 fully saturated rings. The van der Waals surface area contributed by atoms with Gasteiger partial charge in [-0.05, 0) is 70.7 Å². The van der Waals surface area contributed by atoms with E-state index >= 15 is 4.39 Å². The zero-order chi connectivity index (χ0) is 31.5. The van der Waals surface area contributed by atoms with Crippen LogP contribution in [0.2, 0.25) is 5.02 Å². The van der Waals surface area contributed by atoms with E-state index in [9.17, 15) is 4.39 Å². The molecule has 0 aliphatic carbocycles. The predicted octanol–water partition coefficient (Wildman–Crippen LogP) is 6.00. The van der Waals surface area contributed by atoms with E-state index in [1.165, 1.54) is 20.0 Å². The van der Waals surface area contributed by atoms with E-state index in [1.54, 1.807) is 6.20 Å². The minimum absolute atomic E-state index is 0.00766. The Morgan fingerprint density at radius 2 is 2.00 bits per heavy atom. The van der Waals surface area contributed by atoms with Gasteiger partial charge in [0.15, 0.2) is 5.82 Å². The molecule has 4 N–H and O–H groups in total. The first-order valence-electron chi connectivity index (χ1n) is 15.3. The van der Waals surface area contributed by atoms with Crippen LogP contribution in [0.1, 0.15) is 58.4 Å². The quantitative estimate of drug-likeness (QED) is 0.235. The summed E-state index contributed by atoms with van der Waals surface area (Å²) < 4.78 is 39.9. The summed E-state index contributed by atoms with van der Waals surface area (Å²) in [4.78, 5) is 15.2. The molecule has 0 saturated carbocycles. The number of nitrogen functional groups attached to an aromatic ring is 1. The summed E-state index contributed by atoms with van der Waals surface area (Å²) in [6.07, 6.45) is 6.04. The van der Waals surface area contributed by atoms with Crippen molar-refractivity contribution in [2.75, 3.05) is 32.5 Å². The number of ether oxygens (including phenoxy) is 2. The predicted molar refractivity (Wildman–Crippen MR) is 170 cm³/mol. The van der Waals surface area contributed by atoms with Gasteiger partial charge in [-0.25, -0.2) is 13.8 Å². The Morgan fingerprint density at radius 1 is 1.23 bits per heavy atom. The third kappa shape index (κ3) is 6.38. The molecule has 7 rings (SSSR count). The molecule has 4 unspecified atom stereocenters. The van der Waals surface area contributed by atoms with E-state index in [0.29, 0.717) is 40.1 Å². The number of anilines is 1. The number of pyridine rings is 1. The van der Waals surface area contributed by atoms with E-state index in [4.69, 9.17) is 26.8 Å². The molecule has 3 saturated heterocycles. The van der Waals surface area contributed by atoms with Crippen LogP contribution in [0.3, 0.4) is 0 Å². The van der Waals surface area contributed by atoms with Crippen molar-refractivity contribution in [3.05, 3.63) is 28.7 Å². The fourth-order valence-corrected chi connectivity index (χ4v) is 6.38. The highest BCUT2D eigenvalue weighted by Crippen LogP contribution is 2.42. The highest BCUT2D eigenvalue weighted by Gasteiger charge is 2.34. The Labute approximate surface area is 261 Å². The minimum atomic E-state index is -0.701. The summed E-state index contributed by atoms with van der Waals surface area (Å²) in [5.41, 5.74) is 7.95. The second-order valence-electron chi connectivity index (χ2n) is 11.3. The number of benzene rings is 1. The fourth-order valence-electron chi connectivity index (χ4n) is 6.14. The van der Waals surface area contributed by atoms with E-state index in [2.05, 4.69) is 35.4 Å². The number of aromatic nitrogens is 5. The number of alkyl halides is 1. The fraction of sp³-hybridized carbons (Fsp3) is 0.548. The number of methoxy groups -OCH3 is 1. The third-order valence-electron chi connectivity index (χ3n) is 8.36. The molecule has 4 aromatic rings. The summed E-state index contributed by atoms with van der Waals surface area (Å²) in [7, 11) is 1.39. The van der Waals surface area contributed by atoms with Crippen LogP contribution in [0.4, 0.5) is 14.6 Å². The summed E-state index contributed by atoms with van der Waals surface area (Å²) in [6.45, 7) is 10.6. The molecule has 1 aromatic carbocycles. The van der Waals surface area contributed by atoms with Crippen LogP contribution < -0.4 is 20.5 Å². The standard InChI is InChI=1S/C22H23ClFN7O2.C7H12FN.C2H6/c1-9-6-13-12(8-27-31-13)14(16(9)23)18-17(24)19-15(20(25)30-22(29-19)32-3)21(28-18)33-10(2)7-11-4-5-26-11;8-6-4-7-2-1-3-9(7)5-6;1-2/h6,8,10-11,26H,4-5,7H2,1-3H3,(H,27,31)(H2,25,29,30);6-7H,1-5H2;1-2H3. The highest BCUT2D eigenvalue weighted by molar-refractivity contribution is 6.35. The number of rotatable bonds is 6. The average Bonchev–Trinajstić information content (AvgIpc) is 3.71. The van der Waals surface area contributed by atoms with Crippen molar-refractivity contribution in [1.82, 2.24) is 35.4 Å². The van der Waals surface area contributed by atoms with Crippen LogP contribution in [0.5, 0.6) is 11.9 Å². The Hall–Kier alpha value is -3.35. The molecule has 0 amide bonds. The minimum Gasteiger partial charge on any atom is -0.474 e. The van der Waals surface area contributed by atoms with Crippen LogP contribution in [0, 0.1) is 12.7 Å². The molecule has 0 radical (unpaired) electrons. The van der Waals surface area contributed by atoms with Crippen molar-refractivity contribution < 1.29 is 18.3 Å². The lowest BCUT2D eigenvalue weighted by Gasteiger charge is -2.30. The van der Waals surface area contributed by atoms with E-state index in [-0.39, 0.29) is 40.4 Å². The lowest BCUT2D eigenvalue weighted by atomic mass is 10.0. The van der Waals surface area contributed by atoms with E-state index in [1.807, 2.05) is 33.8 Å². The number of nitrogens with one attached hydrogen (secondary N) is 2. The molecule has 4 atom stereocenters. The smallest absolute Gasteiger partial charge is 0.318 e. The number of fused-ring (bicyclic) bond motifs is 3. The number of aryl methyl sites for hydroxylation is 1. The number of hydrogen-bond donors (Lipinski definition) is 3. The molecule has 10 nitrogen and oxygen atoms in total. The summed E-state index contributed by atoms with van der Waals surface area (Å²) in [5.74, 6) is -0.543. The largest absolute Gasteiger partial charge is 0.474 e. The van der Waals surface area contributed by atoms with Gasteiger partial charge in [-0.15, -0.1) is 0 Å². The number of nitrogens with two attached hydrogens (primary N) is 1. The molecule has 3 aliphatic heterocycles. The molecule has 44 heavy (non-hydrogen) atoms. The molecular weight excluding hydrogens is 590 g/mol. The Kier molecular flexibility index (Phi) is 10.0.